The molecule has 0 radical (unpaired) electrons. The highest BCUT2D eigenvalue weighted by Crippen LogP contribution is 2.43. The molecule has 0 aromatic carbocycles. The summed E-state index contributed by atoms with van der Waals surface area (Å²) in [4.78, 5) is 1.51. The Morgan fingerprint density at radius 3 is 2.59 bits per heavy atom. The van der Waals surface area contributed by atoms with E-state index in [1.54, 1.807) is 0 Å². The quantitative estimate of drug-likeness (QED) is 0.834. The molecule has 1 fully saturated rings. The van der Waals surface area contributed by atoms with Gasteiger partial charge in [0.15, 0.2) is 0 Å². The average molecular weight is 316 g/mol. The van der Waals surface area contributed by atoms with Crippen molar-refractivity contribution < 1.29 is 0 Å². The summed E-state index contributed by atoms with van der Waals surface area (Å²) in [5, 5.41) is 2.18. The fourth-order valence-electron chi connectivity index (χ4n) is 3.12. The zero-order valence-electron chi connectivity index (χ0n) is 10.4. The number of aryl methyl sites for hydroxylation is 1. The van der Waals surface area contributed by atoms with E-state index in [-0.39, 0.29) is 0 Å². The van der Waals surface area contributed by atoms with Gasteiger partial charge < -0.3 is 5.73 Å². The molecule has 1 aromatic heterocycles. The number of nitrogens with two attached hydrogens (primary N) is 1. The number of thiophene rings is 1. The summed E-state index contributed by atoms with van der Waals surface area (Å²) in [6, 6.07) is 2.16. The summed E-state index contributed by atoms with van der Waals surface area (Å²) in [5.41, 5.74) is 6.37. The molecule has 3 heteroatoms. The molecule has 0 aliphatic heterocycles. The van der Waals surface area contributed by atoms with Crippen molar-refractivity contribution in [3.63, 3.8) is 0 Å². The maximum atomic E-state index is 5.82. The standard InChI is InChI=1S/C14H22BrNS/c15-12-5-11-17-13(12)4-8-14(9-10-16)6-2-1-3-7-14/h5,11H,1-4,6-10,16H2. The molecule has 1 aliphatic rings. The van der Waals surface area contributed by atoms with Crippen molar-refractivity contribution in [2.45, 2.75) is 51.4 Å². The van der Waals surface area contributed by atoms with Crippen LogP contribution in [0.5, 0.6) is 0 Å². The van der Waals surface area contributed by atoms with E-state index in [2.05, 4.69) is 27.4 Å². The predicted molar refractivity (Wildman–Crippen MR) is 79.5 cm³/mol. The van der Waals surface area contributed by atoms with E-state index in [1.807, 2.05) is 11.3 Å². The third-order valence-electron chi connectivity index (χ3n) is 4.16. The minimum atomic E-state index is 0.552. The molecule has 2 rings (SSSR count). The van der Waals surface area contributed by atoms with Gasteiger partial charge in [0.05, 0.1) is 0 Å². The minimum Gasteiger partial charge on any atom is -0.330 e. The fourth-order valence-corrected chi connectivity index (χ4v) is 4.67. The van der Waals surface area contributed by atoms with Crippen LogP contribution in [0.2, 0.25) is 0 Å². The largest absolute Gasteiger partial charge is 0.330 e. The van der Waals surface area contributed by atoms with Gasteiger partial charge in [0.1, 0.15) is 0 Å². The first-order valence-electron chi connectivity index (χ1n) is 6.68. The van der Waals surface area contributed by atoms with Crippen LogP contribution in [0.1, 0.15) is 49.8 Å². The second kappa shape index (κ2) is 6.35. The van der Waals surface area contributed by atoms with Gasteiger partial charge in [0.25, 0.3) is 0 Å². The normalized spacial score (nSPS) is 19.4. The molecule has 17 heavy (non-hydrogen) atoms. The van der Waals surface area contributed by atoms with Crippen LogP contribution >= 0.6 is 27.3 Å². The van der Waals surface area contributed by atoms with E-state index < -0.39 is 0 Å². The first-order valence-corrected chi connectivity index (χ1v) is 8.35. The second-order valence-electron chi connectivity index (χ2n) is 5.29. The van der Waals surface area contributed by atoms with Crippen LogP contribution in [0.25, 0.3) is 0 Å². The van der Waals surface area contributed by atoms with Crippen molar-refractivity contribution in [2.75, 3.05) is 6.54 Å². The van der Waals surface area contributed by atoms with E-state index >= 15 is 0 Å². The molecule has 1 saturated carbocycles. The Morgan fingerprint density at radius 2 is 2.00 bits per heavy atom. The highest BCUT2D eigenvalue weighted by molar-refractivity contribution is 9.10. The van der Waals surface area contributed by atoms with Crippen LogP contribution in [0.3, 0.4) is 0 Å². The predicted octanol–water partition coefficient (Wildman–Crippen LogP) is 4.74. The molecule has 1 nitrogen and oxygen atoms in total. The molecule has 0 saturated heterocycles. The molecule has 0 amide bonds. The number of halogens is 1. The minimum absolute atomic E-state index is 0.552. The third kappa shape index (κ3) is 3.55. The Balaban J connectivity index is 1.95. The monoisotopic (exact) mass is 315 g/mol. The van der Waals surface area contributed by atoms with E-state index in [9.17, 15) is 0 Å². The number of hydrogen-bond donors (Lipinski definition) is 1. The van der Waals surface area contributed by atoms with E-state index in [0.717, 1.165) is 6.54 Å². The average Bonchev–Trinajstić information content (AvgIpc) is 2.74. The van der Waals surface area contributed by atoms with Gasteiger partial charge in [-0.3, -0.25) is 0 Å². The van der Waals surface area contributed by atoms with Crippen molar-refractivity contribution in [1.82, 2.24) is 0 Å². The summed E-state index contributed by atoms with van der Waals surface area (Å²) < 4.78 is 1.29. The molecular weight excluding hydrogens is 294 g/mol. The van der Waals surface area contributed by atoms with Gasteiger partial charge >= 0.3 is 0 Å². The lowest BCUT2D eigenvalue weighted by molar-refractivity contribution is 0.161. The van der Waals surface area contributed by atoms with Crippen LogP contribution in [-0.4, -0.2) is 6.54 Å². The van der Waals surface area contributed by atoms with E-state index in [0.29, 0.717) is 5.41 Å². The maximum absolute atomic E-state index is 5.82. The highest BCUT2D eigenvalue weighted by atomic mass is 79.9. The molecule has 0 bridgehead atoms. The molecule has 0 spiro atoms. The topological polar surface area (TPSA) is 26.0 Å². The van der Waals surface area contributed by atoms with Gasteiger partial charge in [-0.05, 0) is 71.4 Å². The van der Waals surface area contributed by atoms with Gasteiger partial charge in [-0.2, -0.15) is 0 Å². The summed E-state index contributed by atoms with van der Waals surface area (Å²) in [6.45, 7) is 0.853. The van der Waals surface area contributed by atoms with Crippen LogP contribution in [0.4, 0.5) is 0 Å². The van der Waals surface area contributed by atoms with Crippen molar-refractivity contribution in [3.8, 4) is 0 Å². The molecule has 1 aliphatic carbocycles. The summed E-state index contributed by atoms with van der Waals surface area (Å²) >= 11 is 5.51. The molecule has 96 valence electrons. The highest BCUT2D eigenvalue weighted by Gasteiger charge is 2.30. The fraction of sp³-hybridized carbons (Fsp3) is 0.714. The van der Waals surface area contributed by atoms with E-state index in [1.165, 1.54) is 60.7 Å². The Labute approximate surface area is 117 Å². The lowest BCUT2D eigenvalue weighted by atomic mass is 9.69. The van der Waals surface area contributed by atoms with Gasteiger partial charge in [0.2, 0.25) is 0 Å². The lowest BCUT2D eigenvalue weighted by Crippen LogP contribution is -2.27. The maximum Gasteiger partial charge on any atom is 0.0314 e. The summed E-state index contributed by atoms with van der Waals surface area (Å²) in [5.74, 6) is 0. The number of hydrogen-bond acceptors (Lipinski definition) is 2. The Bertz CT molecular complexity index is 336. The first-order chi connectivity index (χ1) is 8.26. The lowest BCUT2D eigenvalue weighted by Gasteiger charge is -2.37. The van der Waals surface area contributed by atoms with Crippen molar-refractivity contribution in [2.24, 2.45) is 11.1 Å². The molecule has 2 N–H and O–H groups in total. The SMILES string of the molecule is NCCC1(CCc2sccc2Br)CCCCC1. The zero-order valence-corrected chi connectivity index (χ0v) is 12.8. The Hall–Kier alpha value is 0.140. The van der Waals surface area contributed by atoms with Gasteiger partial charge in [-0.1, -0.05) is 19.3 Å². The Morgan fingerprint density at radius 1 is 1.24 bits per heavy atom. The molecule has 0 unspecified atom stereocenters. The molecular formula is C14H22BrNS. The number of rotatable bonds is 5. The second-order valence-corrected chi connectivity index (χ2v) is 7.15. The smallest absolute Gasteiger partial charge is 0.0314 e. The van der Waals surface area contributed by atoms with Crippen LogP contribution in [0.15, 0.2) is 15.9 Å². The summed E-state index contributed by atoms with van der Waals surface area (Å²) in [7, 11) is 0. The van der Waals surface area contributed by atoms with Crippen molar-refractivity contribution >= 4 is 27.3 Å². The molecule has 0 atom stereocenters. The molecule has 1 heterocycles. The van der Waals surface area contributed by atoms with Crippen molar-refractivity contribution in [3.05, 3.63) is 20.8 Å². The van der Waals surface area contributed by atoms with Crippen LogP contribution in [-0.2, 0) is 6.42 Å². The Kier molecular flexibility index (Phi) is 5.07. The van der Waals surface area contributed by atoms with Gasteiger partial charge in [0, 0.05) is 9.35 Å². The summed E-state index contributed by atoms with van der Waals surface area (Å²) in [6.07, 6.45) is 10.8. The van der Waals surface area contributed by atoms with Gasteiger partial charge in [-0.15, -0.1) is 11.3 Å². The van der Waals surface area contributed by atoms with Gasteiger partial charge in [-0.25, -0.2) is 0 Å². The van der Waals surface area contributed by atoms with E-state index in [4.69, 9.17) is 5.73 Å². The van der Waals surface area contributed by atoms with Crippen LogP contribution < -0.4 is 5.73 Å². The third-order valence-corrected chi connectivity index (χ3v) is 6.15. The van der Waals surface area contributed by atoms with Crippen LogP contribution in [0, 0.1) is 5.41 Å². The molecule has 1 aromatic rings. The first kappa shape index (κ1) is 13.6. The van der Waals surface area contributed by atoms with Crippen molar-refractivity contribution in [1.29, 1.82) is 0 Å². The zero-order chi connectivity index (χ0) is 12.1.